The smallest absolute Gasteiger partial charge is 0.104 e. The minimum absolute atomic E-state index is 0.322. The SMILES string of the molecule is C(=Cc1ccc(COCC2CO2)cc1)c1ccc(COCC2CO2)cc1. The van der Waals surface area contributed by atoms with Gasteiger partial charge in [0.1, 0.15) is 12.2 Å². The Bertz CT molecular complexity index is 649. The molecule has 0 radical (unpaired) electrons. The van der Waals surface area contributed by atoms with Crippen molar-refractivity contribution in [2.24, 2.45) is 0 Å². The van der Waals surface area contributed by atoms with Crippen LogP contribution in [0.25, 0.3) is 12.2 Å². The Hall–Kier alpha value is -1.98. The Labute approximate surface area is 154 Å². The molecule has 0 N–H and O–H groups in total. The highest BCUT2D eigenvalue weighted by Gasteiger charge is 2.22. The third-order valence-corrected chi connectivity index (χ3v) is 4.38. The second-order valence-electron chi connectivity index (χ2n) is 6.76. The fourth-order valence-corrected chi connectivity index (χ4v) is 2.59. The van der Waals surface area contributed by atoms with Crippen molar-refractivity contribution in [3.63, 3.8) is 0 Å². The predicted molar refractivity (Wildman–Crippen MR) is 101 cm³/mol. The van der Waals surface area contributed by atoms with E-state index in [9.17, 15) is 0 Å². The van der Waals surface area contributed by atoms with Crippen LogP contribution in [0.1, 0.15) is 22.3 Å². The van der Waals surface area contributed by atoms with Crippen molar-refractivity contribution in [1.29, 1.82) is 0 Å². The largest absolute Gasteiger partial charge is 0.374 e. The summed E-state index contributed by atoms with van der Waals surface area (Å²) in [4.78, 5) is 0. The molecule has 0 saturated carbocycles. The van der Waals surface area contributed by atoms with Crippen LogP contribution in [-0.2, 0) is 32.2 Å². The number of rotatable bonds is 10. The standard InChI is InChI=1S/C22H24O4/c1(17-3-7-19(8-4-17)11-23-13-21-15-25-21)2-18-5-9-20(10-6-18)12-24-14-22-16-26-22/h1-10,21-22H,11-16H2. The molecule has 4 rings (SSSR count). The second-order valence-corrected chi connectivity index (χ2v) is 6.76. The summed E-state index contributed by atoms with van der Waals surface area (Å²) < 4.78 is 21.5. The van der Waals surface area contributed by atoms with Crippen molar-refractivity contribution in [2.75, 3.05) is 26.4 Å². The van der Waals surface area contributed by atoms with Gasteiger partial charge >= 0.3 is 0 Å². The Balaban J connectivity index is 1.23. The topological polar surface area (TPSA) is 43.5 Å². The van der Waals surface area contributed by atoms with Crippen molar-refractivity contribution in [2.45, 2.75) is 25.4 Å². The molecule has 2 aromatic rings. The van der Waals surface area contributed by atoms with Gasteiger partial charge in [0.05, 0.1) is 39.6 Å². The maximum absolute atomic E-state index is 5.61. The van der Waals surface area contributed by atoms with E-state index in [0.717, 1.165) is 13.2 Å². The predicted octanol–water partition coefficient (Wildman–Crippen LogP) is 3.69. The molecule has 2 unspecified atom stereocenters. The molecule has 2 fully saturated rings. The Morgan fingerprint density at radius 1 is 0.692 bits per heavy atom. The number of benzene rings is 2. The van der Waals surface area contributed by atoms with Crippen LogP contribution >= 0.6 is 0 Å². The van der Waals surface area contributed by atoms with Gasteiger partial charge in [-0.3, -0.25) is 0 Å². The highest BCUT2D eigenvalue weighted by Crippen LogP contribution is 2.14. The molecular weight excluding hydrogens is 328 g/mol. The number of ether oxygens (including phenoxy) is 4. The van der Waals surface area contributed by atoms with Gasteiger partial charge in [0.25, 0.3) is 0 Å². The molecule has 0 spiro atoms. The quantitative estimate of drug-likeness (QED) is 0.483. The van der Waals surface area contributed by atoms with Crippen LogP contribution in [0.5, 0.6) is 0 Å². The number of hydrogen-bond donors (Lipinski definition) is 0. The molecule has 4 heteroatoms. The van der Waals surface area contributed by atoms with E-state index >= 15 is 0 Å². The van der Waals surface area contributed by atoms with Crippen molar-refractivity contribution < 1.29 is 18.9 Å². The molecule has 2 aromatic carbocycles. The summed E-state index contributed by atoms with van der Waals surface area (Å²) in [6.45, 7) is 4.34. The minimum Gasteiger partial charge on any atom is -0.374 e. The van der Waals surface area contributed by atoms with Crippen molar-refractivity contribution in [1.82, 2.24) is 0 Å². The fraction of sp³-hybridized carbons (Fsp3) is 0.364. The average molecular weight is 352 g/mol. The minimum atomic E-state index is 0.322. The first-order valence-corrected chi connectivity index (χ1v) is 9.10. The fourth-order valence-electron chi connectivity index (χ4n) is 2.59. The van der Waals surface area contributed by atoms with Crippen LogP contribution in [0, 0.1) is 0 Å². The molecule has 0 bridgehead atoms. The molecule has 0 aliphatic carbocycles. The molecule has 2 atom stereocenters. The average Bonchev–Trinajstić information content (AvgIpc) is 3.58. The summed E-state index contributed by atoms with van der Waals surface area (Å²) in [6, 6.07) is 16.9. The molecule has 2 aliphatic rings. The van der Waals surface area contributed by atoms with Crippen LogP contribution in [0.2, 0.25) is 0 Å². The lowest BCUT2D eigenvalue weighted by Gasteiger charge is -2.04. The monoisotopic (exact) mass is 352 g/mol. The van der Waals surface area contributed by atoms with Crippen LogP contribution in [0.4, 0.5) is 0 Å². The third-order valence-electron chi connectivity index (χ3n) is 4.38. The molecule has 2 saturated heterocycles. The first-order chi connectivity index (χ1) is 12.8. The van der Waals surface area contributed by atoms with Crippen molar-refractivity contribution >= 4 is 12.2 Å². The van der Waals surface area contributed by atoms with E-state index in [-0.39, 0.29) is 0 Å². The van der Waals surface area contributed by atoms with Crippen LogP contribution in [0.3, 0.4) is 0 Å². The lowest BCUT2D eigenvalue weighted by atomic mass is 10.1. The van der Waals surface area contributed by atoms with Gasteiger partial charge in [0, 0.05) is 0 Å². The molecule has 0 aromatic heterocycles. The molecular formula is C22H24O4. The van der Waals surface area contributed by atoms with Crippen molar-refractivity contribution in [3.05, 3.63) is 70.8 Å². The Morgan fingerprint density at radius 2 is 1.08 bits per heavy atom. The highest BCUT2D eigenvalue weighted by atomic mass is 16.6. The van der Waals surface area contributed by atoms with Gasteiger partial charge in [-0.2, -0.15) is 0 Å². The van der Waals surface area contributed by atoms with Crippen LogP contribution in [-0.4, -0.2) is 38.6 Å². The zero-order valence-electron chi connectivity index (χ0n) is 14.8. The van der Waals surface area contributed by atoms with E-state index in [4.69, 9.17) is 18.9 Å². The van der Waals surface area contributed by atoms with Gasteiger partial charge in [0.15, 0.2) is 0 Å². The van der Waals surface area contributed by atoms with E-state index in [0.29, 0.717) is 38.6 Å². The molecule has 2 heterocycles. The Kier molecular flexibility index (Phi) is 5.77. The number of epoxide rings is 2. The molecule has 4 nitrogen and oxygen atoms in total. The summed E-state index contributed by atoms with van der Waals surface area (Å²) in [5.74, 6) is 0. The van der Waals surface area contributed by atoms with E-state index in [1.54, 1.807) is 0 Å². The van der Waals surface area contributed by atoms with Gasteiger partial charge in [-0.1, -0.05) is 60.7 Å². The maximum atomic E-state index is 5.61. The van der Waals surface area contributed by atoms with Gasteiger partial charge in [-0.05, 0) is 22.3 Å². The first kappa shape index (κ1) is 17.4. The highest BCUT2D eigenvalue weighted by molar-refractivity contribution is 5.69. The summed E-state index contributed by atoms with van der Waals surface area (Å²) in [6.07, 6.45) is 4.89. The third kappa shape index (κ3) is 5.78. The van der Waals surface area contributed by atoms with Gasteiger partial charge in [0.2, 0.25) is 0 Å². The molecule has 26 heavy (non-hydrogen) atoms. The lowest BCUT2D eigenvalue weighted by Crippen LogP contribution is -2.01. The number of hydrogen-bond acceptors (Lipinski definition) is 4. The van der Waals surface area contributed by atoms with Gasteiger partial charge < -0.3 is 18.9 Å². The summed E-state index contributed by atoms with van der Waals surface area (Å²) in [5.41, 5.74) is 4.72. The normalized spacial score (nSPS) is 21.2. The van der Waals surface area contributed by atoms with Gasteiger partial charge in [-0.15, -0.1) is 0 Å². The second kappa shape index (κ2) is 8.60. The summed E-state index contributed by atoms with van der Waals surface area (Å²) in [7, 11) is 0. The van der Waals surface area contributed by atoms with E-state index < -0.39 is 0 Å². The molecule has 2 aliphatic heterocycles. The maximum Gasteiger partial charge on any atom is 0.104 e. The zero-order valence-corrected chi connectivity index (χ0v) is 14.8. The summed E-state index contributed by atoms with van der Waals surface area (Å²) in [5, 5.41) is 0. The molecule has 136 valence electrons. The van der Waals surface area contributed by atoms with E-state index in [1.165, 1.54) is 22.3 Å². The zero-order chi connectivity index (χ0) is 17.6. The lowest BCUT2D eigenvalue weighted by molar-refractivity contribution is 0.104. The van der Waals surface area contributed by atoms with Crippen LogP contribution < -0.4 is 0 Å². The first-order valence-electron chi connectivity index (χ1n) is 9.10. The van der Waals surface area contributed by atoms with Crippen LogP contribution in [0.15, 0.2) is 48.5 Å². The van der Waals surface area contributed by atoms with E-state index in [2.05, 4.69) is 60.7 Å². The van der Waals surface area contributed by atoms with Crippen molar-refractivity contribution in [3.8, 4) is 0 Å². The van der Waals surface area contributed by atoms with Gasteiger partial charge in [-0.25, -0.2) is 0 Å². The molecule has 0 amide bonds. The Morgan fingerprint density at radius 3 is 1.42 bits per heavy atom. The van der Waals surface area contributed by atoms with E-state index in [1.807, 2.05) is 0 Å². The summed E-state index contributed by atoms with van der Waals surface area (Å²) >= 11 is 0.